The topological polar surface area (TPSA) is 46.2 Å². The highest BCUT2D eigenvalue weighted by atomic mass is 16.3. The molecule has 0 aromatic heterocycles. The number of rotatable bonds is 5. The zero-order valence-electron chi connectivity index (χ0n) is 10.4. The van der Waals surface area contributed by atoms with Crippen molar-refractivity contribution in [2.24, 2.45) is 5.73 Å². The van der Waals surface area contributed by atoms with Crippen LogP contribution in [0.1, 0.15) is 23.5 Å². The van der Waals surface area contributed by atoms with Crippen molar-refractivity contribution >= 4 is 0 Å². The predicted molar refractivity (Wildman–Crippen MR) is 74.4 cm³/mol. The van der Waals surface area contributed by atoms with Gasteiger partial charge in [-0.15, -0.1) is 0 Å². The molecule has 3 N–H and O–H groups in total. The Kier molecular flexibility index (Phi) is 4.51. The summed E-state index contributed by atoms with van der Waals surface area (Å²) in [6.45, 7) is 0.302. The summed E-state index contributed by atoms with van der Waals surface area (Å²) in [5.74, 6) is 0.200. The Morgan fingerprint density at radius 2 is 1.28 bits per heavy atom. The van der Waals surface area contributed by atoms with Crippen molar-refractivity contribution in [3.05, 3.63) is 71.8 Å². The van der Waals surface area contributed by atoms with Crippen molar-refractivity contribution in [2.75, 3.05) is 6.54 Å². The van der Waals surface area contributed by atoms with Gasteiger partial charge in [0.05, 0.1) is 6.10 Å². The van der Waals surface area contributed by atoms with Crippen LogP contribution in [0.4, 0.5) is 0 Å². The van der Waals surface area contributed by atoms with E-state index in [4.69, 9.17) is 5.73 Å². The molecule has 0 saturated heterocycles. The number of nitrogens with two attached hydrogens (primary N) is 1. The van der Waals surface area contributed by atoms with Crippen LogP contribution in [0.25, 0.3) is 0 Å². The molecule has 18 heavy (non-hydrogen) atoms. The molecule has 2 nitrogen and oxygen atoms in total. The number of aliphatic hydroxyl groups is 1. The van der Waals surface area contributed by atoms with E-state index in [1.54, 1.807) is 0 Å². The second-order valence-corrected chi connectivity index (χ2v) is 4.50. The first-order valence-electron chi connectivity index (χ1n) is 6.29. The lowest BCUT2D eigenvalue weighted by molar-refractivity contribution is 0.167. The summed E-state index contributed by atoms with van der Waals surface area (Å²) in [4.78, 5) is 0. The molecule has 0 aliphatic heterocycles. The fraction of sp³-hybridized carbons (Fsp3) is 0.250. The summed E-state index contributed by atoms with van der Waals surface area (Å²) in [6.07, 6.45) is 0.195. The zero-order valence-corrected chi connectivity index (χ0v) is 10.4. The first-order chi connectivity index (χ1) is 8.81. The first kappa shape index (κ1) is 12.8. The average molecular weight is 241 g/mol. The number of hydrogen-bond acceptors (Lipinski definition) is 2. The molecule has 0 bridgehead atoms. The van der Waals surface area contributed by atoms with E-state index in [9.17, 15) is 5.11 Å². The number of aliphatic hydroxyl groups excluding tert-OH is 1. The average Bonchev–Trinajstić information content (AvgIpc) is 2.46. The molecular formula is C16H19NO. The molecule has 0 saturated carbocycles. The Morgan fingerprint density at radius 3 is 1.67 bits per heavy atom. The van der Waals surface area contributed by atoms with Gasteiger partial charge >= 0.3 is 0 Å². The Balaban J connectivity index is 2.29. The lowest BCUT2D eigenvalue weighted by Gasteiger charge is -2.20. The normalized spacial score (nSPS) is 12.6. The van der Waals surface area contributed by atoms with Crippen molar-refractivity contribution < 1.29 is 5.11 Å². The van der Waals surface area contributed by atoms with Gasteiger partial charge in [-0.1, -0.05) is 60.7 Å². The van der Waals surface area contributed by atoms with E-state index >= 15 is 0 Å². The Morgan fingerprint density at radius 1 is 0.833 bits per heavy atom. The molecule has 0 heterocycles. The Labute approximate surface area is 108 Å². The molecule has 0 aliphatic rings. The van der Waals surface area contributed by atoms with E-state index in [-0.39, 0.29) is 5.92 Å². The third kappa shape index (κ3) is 3.19. The van der Waals surface area contributed by atoms with Gasteiger partial charge in [0, 0.05) is 12.5 Å². The largest absolute Gasteiger partial charge is 0.392 e. The van der Waals surface area contributed by atoms with Crippen molar-refractivity contribution in [1.29, 1.82) is 0 Å². The van der Waals surface area contributed by atoms with E-state index in [0.717, 1.165) is 0 Å². The van der Waals surface area contributed by atoms with Gasteiger partial charge in [-0.05, 0) is 17.5 Å². The van der Waals surface area contributed by atoms with Gasteiger partial charge in [0.25, 0.3) is 0 Å². The highest BCUT2D eigenvalue weighted by Crippen LogP contribution is 2.28. The molecular weight excluding hydrogens is 222 g/mol. The molecule has 2 aromatic rings. The third-order valence-electron chi connectivity index (χ3n) is 3.18. The van der Waals surface area contributed by atoms with Crippen molar-refractivity contribution in [1.82, 2.24) is 0 Å². The van der Waals surface area contributed by atoms with E-state index in [0.29, 0.717) is 13.0 Å². The van der Waals surface area contributed by atoms with Gasteiger partial charge in [-0.25, -0.2) is 0 Å². The Bertz CT molecular complexity index is 416. The van der Waals surface area contributed by atoms with Crippen LogP contribution in [-0.4, -0.2) is 17.8 Å². The van der Waals surface area contributed by atoms with Gasteiger partial charge < -0.3 is 10.8 Å². The molecule has 94 valence electrons. The van der Waals surface area contributed by atoms with Crippen molar-refractivity contribution in [2.45, 2.75) is 18.4 Å². The smallest absolute Gasteiger partial charge is 0.0671 e. The van der Waals surface area contributed by atoms with Crippen LogP contribution in [0.3, 0.4) is 0 Å². The summed E-state index contributed by atoms with van der Waals surface area (Å²) in [7, 11) is 0. The predicted octanol–water partition coefficient (Wildman–Crippen LogP) is 2.53. The van der Waals surface area contributed by atoms with Crippen LogP contribution >= 0.6 is 0 Å². The van der Waals surface area contributed by atoms with Gasteiger partial charge in [-0.3, -0.25) is 0 Å². The van der Waals surface area contributed by atoms with Crippen LogP contribution in [0.2, 0.25) is 0 Å². The quantitative estimate of drug-likeness (QED) is 0.845. The standard InChI is InChI=1S/C16H19NO/c17-12-15(18)11-16(13-7-3-1-4-8-13)14-9-5-2-6-10-14/h1-10,15-16,18H,11-12,17H2. The second kappa shape index (κ2) is 6.34. The fourth-order valence-electron chi connectivity index (χ4n) is 2.20. The monoisotopic (exact) mass is 241 g/mol. The van der Waals surface area contributed by atoms with Crippen LogP contribution in [0.5, 0.6) is 0 Å². The molecule has 2 aromatic carbocycles. The number of benzene rings is 2. The van der Waals surface area contributed by atoms with E-state index in [2.05, 4.69) is 24.3 Å². The minimum atomic E-state index is -0.463. The van der Waals surface area contributed by atoms with Crippen LogP contribution < -0.4 is 5.73 Å². The van der Waals surface area contributed by atoms with Gasteiger partial charge in [-0.2, -0.15) is 0 Å². The summed E-state index contributed by atoms with van der Waals surface area (Å²) >= 11 is 0. The van der Waals surface area contributed by atoms with Crippen LogP contribution in [0, 0.1) is 0 Å². The maximum Gasteiger partial charge on any atom is 0.0671 e. The number of hydrogen-bond donors (Lipinski definition) is 2. The zero-order chi connectivity index (χ0) is 12.8. The highest BCUT2D eigenvalue weighted by molar-refractivity contribution is 5.32. The van der Waals surface area contributed by atoms with Gasteiger partial charge in [0.1, 0.15) is 0 Å². The van der Waals surface area contributed by atoms with Crippen molar-refractivity contribution in [3.63, 3.8) is 0 Å². The van der Waals surface area contributed by atoms with E-state index < -0.39 is 6.10 Å². The fourth-order valence-corrected chi connectivity index (χ4v) is 2.20. The first-order valence-corrected chi connectivity index (χ1v) is 6.29. The molecule has 2 rings (SSSR count). The second-order valence-electron chi connectivity index (χ2n) is 4.50. The van der Waals surface area contributed by atoms with Crippen LogP contribution in [-0.2, 0) is 0 Å². The third-order valence-corrected chi connectivity index (χ3v) is 3.18. The molecule has 1 atom stereocenters. The summed E-state index contributed by atoms with van der Waals surface area (Å²) in [5.41, 5.74) is 7.96. The maximum absolute atomic E-state index is 9.83. The molecule has 0 aliphatic carbocycles. The van der Waals surface area contributed by atoms with Gasteiger partial charge in [0.15, 0.2) is 0 Å². The lowest BCUT2D eigenvalue weighted by atomic mass is 9.87. The summed E-state index contributed by atoms with van der Waals surface area (Å²) in [6, 6.07) is 20.5. The molecule has 0 radical (unpaired) electrons. The van der Waals surface area contributed by atoms with Crippen LogP contribution in [0.15, 0.2) is 60.7 Å². The van der Waals surface area contributed by atoms with Gasteiger partial charge in [0.2, 0.25) is 0 Å². The molecule has 0 spiro atoms. The summed E-state index contributed by atoms with van der Waals surface area (Å²) < 4.78 is 0. The SMILES string of the molecule is NCC(O)CC(c1ccccc1)c1ccccc1. The van der Waals surface area contributed by atoms with E-state index in [1.807, 2.05) is 36.4 Å². The van der Waals surface area contributed by atoms with Crippen molar-refractivity contribution in [3.8, 4) is 0 Å². The highest BCUT2D eigenvalue weighted by Gasteiger charge is 2.17. The molecule has 2 heteroatoms. The minimum absolute atomic E-state index is 0.200. The van der Waals surface area contributed by atoms with E-state index in [1.165, 1.54) is 11.1 Å². The lowest BCUT2D eigenvalue weighted by Crippen LogP contribution is -2.22. The Hall–Kier alpha value is -1.64. The summed E-state index contributed by atoms with van der Waals surface area (Å²) in [5, 5.41) is 9.83. The molecule has 0 fully saturated rings. The maximum atomic E-state index is 9.83. The minimum Gasteiger partial charge on any atom is -0.392 e. The molecule has 1 unspecified atom stereocenters. The molecule has 0 amide bonds.